The van der Waals surface area contributed by atoms with Gasteiger partial charge in [0.05, 0.1) is 0 Å². The van der Waals surface area contributed by atoms with Crippen molar-refractivity contribution in [3.8, 4) is 5.75 Å². The summed E-state index contributed by atoms with van der Waals surface area (Å²) in [6.07, 6.45) is 0. The fourth-order valence-electron chi connectivity index (χ4n) is 1.34. The van der Waals surface area contributed by atoms with Crippen LogP contribution in [-0.4, -0.2) is 35.3 Å². The van der Waals surface area contributed by atoms with E-state index in [4.69, 9.17) is 21.4 Å². The average molecular weight is 304 g/mol. The fourth-order valence-corrected chi connectivity index (χ4v) is 1.47. The number of carbonyl (C=O) groups excluding carboxylic acids is 1. The van der Waals surface area contributed by atoms with Crippen molar-refractivity contribution >= 4 is 23.5 Å². The molecule has 1 rings (SSSR count). The van der Waals surface area contributed by atoms with E-state index in [9.17, 15) is 14.0 Å². The number of ether oxygens (including phenoxy) is 1. The minimum atomic E-state index is -1.59. The monoisotopic (exact) mass is 303 g/mol. The number of amides is 1. The number of hydrogen-bond acceptors (Lipinski definition) is 3. The first-order valence-electron chi connectivity index (χ1n) is 5.80. The predicted octanol–water partition coefficient (Wildman–Crippen LogP) is 2.04. The van der Waals surface area contributed by atoms with Gasteiger partial charge in [-0.3, -0.25) is 4.79 Å². The maximum Gasteiger partial charge on any atom is 0.328 e. The van der Waals surface area contributed by atoms with Crippen LogP contribution in [0.4, 0.5) is 4.39 Å². The summed E-state index contributed by atoms with van der Waals surface area (Å²) in [6.45, 7) is 1.71. The van der Waals surface area contributed by atoms with Crippen LogP contribution in [0.3, 0.4) is 0 Å². The van der Waals surface area contributed by atoms with E-state index >= 15 is 0 Å². The van der Waals surface area contributed by atoms with E-state index < -0.39 is 30.2 Å². The number of hydrogen-bond donors (Lipinski definition) is 2. The van der Waals surface area contributed by atoms with Crippen LogP contribution in [-0.2, 0) is 9.59 Å². The Balaban J connectivity index is 2.74. The van der Waals surface area contributed by atoms with E-state index in [0.29, 0.717) is 10.8 Å². The summed E-state index contributed by atoms with van der Waals surface area (Å²) in [6, 6.07) is 4.73. The van der Waals surface area contributed by atoms with Crippen molar-refractivity contribution in [2.75, 3.05) is 6.67 Å². The Morgan fingerprint density at radius 3 is 2.40 bits per heavy atom. The SMILES string of the molecule is CC(C)(Oc1ccc(Cl)cc1)C(=O)NC(CF)C(=O)O. The zero-order valence-corrected chi connectivity index (χ0v) is 11.8. The highest BCUT2D eigenvalue weighted by atomic mass is 35.5. The Bertz CT molecular complexity index is 490. The second-order valence-corrected chi connectivity index (χ2v) is 5.02. The molecule has 0 saturated heterocycles. The highest BCUT2D eigenvalue weighted by Crippen LogP contribution is 2.21. The molecule has 1 amide bonds. The molecule has 5 nitrogen and oxygen atoms in total. The molecule has 0 saturated carbocycles. The molecule has 1 atom stereocenters. The predicted molar refractivity (Wildman–Crippen MR) is 71.7 cm³/mol. The summed E-state index contributed by atoms with van der Waals surface area (Å²) >= 11 is 5.73. The number of aliphatic carboxylic acids is 1. The average Bonchev–Trinajstić information content (AvgIpc) is 2.37. The van der Waals surface area contributed by atoms with Crippen molar-refractivity contribution < 1.29 is 23.8 Å². The van der Waals surface area contributed by atoms with Crippen molar-refractivity contribution in [1.29, 1.82) is 0 Å². The van der Waals surface area contributed by atoms with Crippen LogP contribution in [0.5, 0.6) is 5.75 Å². The van der Waals surface area contributed by atoms with Crippen molar-refractivity contribution in [3.63, 3.8) is 0 Å². The quantitative estimate of drug-likeness (QED) is 0.843. The second-order valence-electron chi connectivity index (χ2n) is 4.58. The molecule has 20 heavy (non-hydrogen) atoms. The summed E-state index contributed by atoms with van der Waals surface area (Å²) in [5, 5.41) is 11.3. The minimum absolute atomic E-state index is 0.390. The van der Waals surface area contributed by atoms with Crippen molar-refractivity contribution in [1.82, 2.24) is 5.32 Å². The first-order chi connectivity index (χ1) is 9.26. The molecule has 0 heterocycles. The van der Waals surface area contributed by atoms with Gasteiger partial charge in [0.2, 0.25) is 0 Å². The third-order valence-corrected chi connectivity index (χ3v) is 2.74. The summed E-state index contributed by atoms with van der Waals surface area (Å²) in [5.41, 5.74) is -1.35. The maximum absolute atomic E-state index is 12.5. The van der Waals surface area contributed by atoms with Gasteiger partial charge >= 0.3 is 5.97 Å². The highest BCUT2D eigenvalue weighted by Gasteiger charge is 2.33. The van der Waals surface area contributed by atoms with Gasteiger partial charge < -0.3 is 15.2 Å². The molecule has 1 unspecified atom stereocenters. The van der Waals surface area contributed by atoms with E-state index in [1.165, 1.54) is 13.8 Å². The lowest BCUT2D eigenvalue weighted by Gasteiger charge is -2.26. The first kappa shape index (κ1) is 16.2. The minimum Gasteiger partial charge on any atom is -0.480 e. The molecule has 0 spiro atoms. The van der Waals surface area contributed by atoms with Gasteiger partial charge in [-0.15, -0.1) is 0 Å². The molecule has 1 aromatic carbocycles. The molecule has 0 aliphatic heterocycles. The molecule has 0 aliphatic rings. The van der Waals surface area contributed by atoms with Crippen LogP contribution in [0.25, 0.3) is 0 Å². The lowest BCUT2D eigenvalue weighted by Crippen LogP contribution is -2.53. The molecule has 0 bridgehead atoms. The number of carboxylic acids is 1. The number of rotatable bonds is 6. The third-order valence-electron chi connectivity index (χ3n) is 2.49. The van der Waals surface area contributed by atoms with Crippen molar-refractivity contribution in [2.24, 2.45) is 0 Å². The Labute approximate surface area is 120 Å². The number of halogens is 2. The van der Waals surface area contributed by atoms with E-state index in [1.54, 1.807) is 24.3 Å². The van der Waals surface area contributed by atoms with E-state index in [2.05, 4.69) is 5.32 Å². The first-order valence-corrected chi connectivity index (χ1v) is 6.18. The number of benzene rings is 1. The highest BCUT2D eigenvalue weighted by molar-refractivity contribution is 6.30. The fraction of sp³-hybridized carbons (Fsp3) is 0.385. The molecule has 7 heteroatoms. The molecule has 0 aromatic heterocycles. The standard InChI is InChI=1S/C13H15ClFNO4/c1-13(2,12(19)16-10(7-15)11(17)18)20-9-5-3-8(14)4-6-9/h3-6,10H,7H2,1-2H3,(H,16,19)(H,17,18). The lowest BCUT2D eigenvalue weighted by molar-refractivity contribution is -0.145. The third kappa shape index (κ3) is 4.38. The maximum atomic E-state index is 12.5. The summed E-state index contributed by atoms with van der Waals surface area (Å²) < 4.78 is 17.9. The molecule has 1 aromatic rings. The zero-order chi connectivity index (χ0) is 15.3. The van der Waals surface area contributed by atoms with Crippen LogP contribution in [0.15, 0.2) is 24.3 Å². The zero-order valence-electron chi connectivity index (χ0n) is 11.0. The topological polar surface area (TPSA) is 75.6 Å². The van der Waals surface area contributed by atoms with Crippen LogP contribution < -0.4 is 10.1 Å². The molecule has 0 radical (unpaired) electrons. The van der Waals surface area contributed by atoms with E-state index in [-0.39, 0.29) is 0 Å². The van der Waals surface area contributed by atoms with Crippen LogP contribution >= 0.6 is 11.6 Å². The van der Waals surface area contributed by atoms with Gasteiger partial charge in [-0.1, -0.05) is 11.6 Å². The summed E-state index contributed by atoms with van der Waals surface area (Å²) in [7, 11) is 0. The van der Waals surface area contributed by atoms with Gasteiger partial charge in [-0.05, 0) is 38.1 Å². The van der Waals surface area contributed by atoms with Crippen LogP contribution in [0.1, 0.15) is 13.8 Å². The molecule has 2 N–H and O–H groups in total. The Morgan fingerprint density at radius 2 is 1.95 bits per heavy atom. The van der Waals surface area contributed by atoms with Gasteiger partial charge in [0.15, 0.2) is 11.6 Å². The van der Waals surface area contributed by atoms with Crippen LogP contribution in [0.2, 0.25) is 5.02 Å². The van der Waals surface area contributed by atoms with Crippen molar-refractivity contribution in [2.45, 2.75) is 25.5 Å². The van der Waals surface area contributed by atoms with Gasteiger partial charge in [0.25, 0.3) is 5.91 Å². The van der Waals surface area contributed by atoms with E-state index in [1.807, 2.05) is 0 Å². The number of carbonyl (C=O) groups is 2. The van der Waals surface area contributed by atoms with Gasteiger partial charge in [-0.25, -0.2) is 9.18 Å². The summed E-state index contributed by atoms with van der Waals surface area (Å²) in [5.74, 6) is -1.78. The molecule has 0 aliphatic carbocycles. The largest absolute Gasteiger partial charge is 0.480 e. The van der Waals surface area contributed by atoms with Gasteiger partial charge in [0.1, 0.15) is 12.4 Å². The lowest BCUT2D eigenvalue weighted by atomic mass is 10.1. The number of alkyl halides is 1. The normalized spacial score (nSPS) is 12.6. The Hall–Kier alpha value is -1.82. The summed E-state index contributed by atoms with van der Waals surface area (Å²) in [4.78, 5) is 22.6. The van der Waals surface area contributed by atoms with Crippen LogP contribution in [0, 0.1) is 0 Å². The molecular weight excluding hydrogens is 289 g/mol. The van der Waals surface area contributed by atoms with E-state index in [0.717, 1.165) is 0 Å². The Kier molecular flexibility index (Phi) is 5.33. The molecule has 0 fully saturated rings. The molecule has 110 valence electrons. The van der Waals surface area contributed by atoms with Gasteiger partial charge in [0, 0.05) is 5.02 Å². The molecular formula is C13H15ClFNO4. The second kappa shape index (κ2) is 6.56. The smallest absolute Gasteiger partial charge is 0.328 e. The number of carboxylic acid groups (broad SMARTS) is 1. The van der Waals surface area contributed by atoms with Crippen molar-refractivity contribution in [3.05, 3.63) is 29.3 Å². The Morgan fingerprint density at radius 1 is 1.40 bits per heavy atom. The number of nitrogens with one attached hydrogen (secondary N) is 1. The van der Waals surface area contributed by atoms with Gasteiger partial charge in [-0.2, -0.15) is 0 Å².